The summed E-state index contributed by atoms with van der Waals surface area (Å²) in [5.74, 6) is 0. The molecule has 1 fully saturated rings. The molecule has 0 spiro atoms. The third-order valence-electron chi connectivity index (χ3n) is 4.13. The van der Waals surface area contributed by atoms with Crippen LogP contribution in [0.1, 0.15) is 38.7 Å². The van der Waals surface area contributed by atoms with E-state index in [-0.39, 0.29) is 21.9 Å². The summed E-state index contributed by atoms with van der Waals surface area (Å²) in [6.45, 7) is 5.24. The van der Waals surface area contributed by atoms with Crippen molar-refractivity contribution >= 4 is 21.6 Å². The van der Waals surface area contributed by atoms with Crippen LogP contribution in [0.25, 0.3) is 0 Å². The Bertz CT molecular complexity index is 613. The number of sulfonamides is 1. The molecule has 0 aromatic heterocycles. The van der Waals surface area contributed by atoms with Gasteiger partial charge in [0.15, 0.2) is 0 Å². The summed E-state index contributed by atoms with van der Waals surface area (Å²) in [6.07, 6.45) is 2.76. The average molecular weight is 332 g/mol. The predicted molar refractivity (Wildman–Crippen MR) is 83.8 cm³/mol. The molecule has 21 heavy (non-hydrogen) atoms. The van der Waals surface area contributed by atoms with Gasteiger partial charge in [-0.1, -0.05) is 31.5 Å². The zero-order valence-corrected chi connectivity index (χ0v) is 14.0. The standard InChI is InChI=1S/C15H22ClNO3S/c1-15(2)6-3-8-17(9-7-15)21(19,20)13-5-4-12(11-18)14(16)10-13/h4-5,10,18H,3,6-9,11H2,1-2H3. The van der Waals surface area contributed by atoms with Crippen molar-refractivity contribution in [3.05, 3.63) is 28.8 Å². The van der Waals surface area contributed by atoms with Crippen LogP contribution in [0.2, 0.25) is 5.02 Å². The summed E-state index contributed by atoms with van der Waals surface area (Å²) in [6, 6.07) is 4.51. The first-order chi connectivity index (χ1) is 9.76. The van der Waals surface area contributed by atoms with Crippen LogP contribution >= 0.6 is 11.6 Å². The van der Waals surface area contributed by atoms with Crippen molar-refractivity contribution < 1.29 is 13.5 Å². The highest BCUT2D eigenvalue weighted by atomic mass is 35.5. The van der Waals surface area contributed by atoms with Gasteiger partial charge in [0.2, 0.25) is 10.0 Å². The van der Waals surface area contributed by atoms with Crippen molar-refractivity contribution in [1.82, 2.24) is 4.31 Å². The van der Waals surface area contributed by atoms with E-state index in [1.54, 1.807) is 10.4 Å². The molecule has 1 heterocycles. The molecule has 1 aliphatic heterocycles. The van der Waals surface area contributed by atoms with Crippen LogP contribution in [0, 0.1) is 5.41 Å². The zero-order valence-electron chi connectivity index (χ0n) is 12.5. The van der Waals surface area contributed by atoms with E-state index < -0.39 is 10.0 Å². The molecule has 6 heteroatoms. The van der Waals surface area contributed by atoms with E-state index in [0.717, 1.165) is 19.3 Å². The molecule has 1 aliphatic rings. The first-order valence-corrected chi connectivity index (χ1v) is 8.97. The van der Waals surface area contributed by atoms with Crippen molar-refractivity contribution in [2.75, 3.05) is 13.1 Å². The number of nitrogens with zero attached hydrogens (tertiary/aromatic N) is 1. The van der Waals surface area contributed by atoms with E-state index in [4.69, 9.17) is 16.7 Å². The Kier molecular flexibility index (Phi) is 4.98. The van der Waals surface area contributed by atoms with Gasteiger partial charge in [-0.2, -0.15) is 4.31 Å². The molecule has 2 rings (SSSR count). The molecule has 1 aromatic rings. The van der Waals surface area contributed by atoms with Crippen LogP contribution in [0.3, 0.4) is 0 Å². The van der Waals surface area contributed by atoms with E-state index in [2.05, 4.69) is 13.8 Å². The first-order valence-electron chi connectivity index (χ1n) is 7.16. The van der Waals surface area contributed by atoms with E-state index >= 15 is 0 Å². The second kappa shape index (κ2) is 6.24. The summed E-state index contributed by atoms with van der Waals surface area (Å²) >= 11 is 6.01. The minimum absolute atomic E-state index is 0.183. The Morgan fingerprint density at radius 2 is 2.00 bits per heavy atom. The summed E-state index contributed by atoms with van der Waals surface area (Å²) in [4.78, 5) is 0.199. The molecule has 0 atom stereocenters. The third kappa shape index (κ3) is 3.77. The lowest BCUT2D eigenvalue weighted by molar-refractivity contribution is 0.282. The van der Waals surface area contributed by atoms with Gasteiger partial charge in [0, 0.05) is 18.1 Å². The predicted octanol–water partition coefficient (Wildman–Crippen LogP) is 3.03. The fourth-order valence-electron chi connectivity index (χ4n) is 2.60. The van der Waals surface area contributed by atoms with Gasteiger partial charge in [0.1, 0.15) is 0 Å². The van der Waals surface area contributed by atoms with Crippen LogP contribution < -0.4 is 0 Å². The highest BCUT2D eigenvalue weighted by Gasteiger charge is 2.30. The first kappa shape index (κ1) is 16.7. The molecular weight excluding hydrogens is 310 g/mol. The van der Waals surface area contributed by atoms with Crippen molar-refractivity contribution in [3.63, 3.8) is 0 Å². The smallest absolute Gasteiger partial charge is 0.243 e. The molecule has 4 nitrogen and oxygen atoms in total. The maximum Gasteiger partial charge on any atom is 0.243 e. The maximum atomic E-state index is 12.7. The number of hydrogen-bond acceptors (Lipinski definition) is 3. The highest BCUT2D eigenvalue weighted by Crippen LogP contribution is 2.32. The van der Waals surface area contributed by atoms with Gasteiger partial charge in [0.25, 0.3) is 0 Å². The maximum absolute atomic E-state index is 12.7. The zero-order chi connectivity index (χ0) is 15.7. The Labute approximate surface area is 131 Å². The monoisotopic (exact) mass is 331 g/mol. The van der Waals surface area contributed by atoms with Crippen molar-refractivity contribution in [1.29, 1.82) is 0 Å². The number of benzene rings is 1. The van der Waals surface area contributed by atoms with E-state index in [1.807, 2.05) is 0 Å². The summed E-state index contributed by atoms with van der Waals surface area (Å²) in [5.41, 5.74) is 0.718. The molecule has 1 N–H and O–H groups in total. The van der Waals surface area contributed by atoms with Gasteiger partial charge >= 0.3 is 0 Å². The van der Waals surface area contributed by atoms with Crippen LogP contribution in [0.4, 0.5) is 0 Å². The normalized spacial score (nSPS) is 20.2. The number of hydrogen-bond donors (Lipinski definition) is 1. The molecule has 1 aromatic carbocycles. The number of aliphatic hydroxyl groups excluding tert-OH is 1. The molecule has 1 saturated heterocycles. The molecule has 0 saturated carbocycles. The Morgan fingerprint density at radius 1 is 1.29 bits per heavy atom. The molecular formula is C15H22ClNO3S. The van der Waals surface area contributed by atoms with Gasteiger partial charge in [-0.25, -0.2) is 8.42 Å². The molecule has 0 radical (unpaired) electrons. The van der Waals surface area contributed by atoms with Crippen molar-refractivity contribution in [2.45, 2.75) is 44.6 Å². The second-order valence-electron chi connectivity index (χ2n) is 6.33. The summed E-state index contributed by atoms with van der Waals surface area (Å²) < 4.78 is 27.0. The summed E-state index contributed by atoms with van der Waals surface area (Å²) in [7, 11) is -3.52. The van der Waals surface area contributed by atoms with E-state index in [1.165, 1.54) is 12.1 Å². The number of halogens is 1. The van der Waals surface area contributed by atoms with Crippen LogP contribution in [0.15, 0.2) is 23.1 Å². The number of rotatable bonds is 3. The topological polar surface area (TPSA) is 57.6 Å². The van der Waals surface area contributed by atoms with Crippen LogP contribution in [-0.4, -0.2) is 30.9 Å². The molecule has 118 valence electrons. The van der Waals surface area contributed by atoms with Gasteiger partial charge in [-0.3, -0.25) is 0 Å². The molecule has 0 unspecified atom stereocenters. The lowest BCUT2D eigenvalue weighted by Gasteiger charge is -2.23. The van der Waals surface area contributed by atoms with E-state index in [9.17, 15) is 8.42 Å². The van der Waals surface area contributed by atoms with Crippen LogP contribution in [-0.2, 0) is 16.6 Å². The minimum Gasteiger partial charge on any atom is -0.392 e. The lowest BCUT2D eigenvalue weighted by atomic mass is 9.85. The Morgan fingerprint density at radius 3 is 2.62 bits per heavy atom. The third-order valence-corrected chi connectivity index (χ3v) is 6.38. The highest BCUT2D eigenvalue weighted by molar-refractivity contribution is 7.89. The van der Waals surface area contributed by atoms with Gasteiger partial charge in [0.05, 0.1) is 11.5 Å². The fourth-order valence-corrected chi connectivity index (χ4v) is 4.42. The summed E-state index contributed by atoms with van der Waals surface area (Å²) in [5, 5.41) is 9.40. The van der Waals surface area contributed by atoms with Gasteiger partial charge in [-0.15, -0.1) is 0 Å². The Balaban J connectivity index is 2.27. The van der Waals surface area contributed by atoms with Gasteiger partial charge < -0.3 is 5.11 Å². The van der Waals surface area contributed by atoms with Gasteiger partial charge in [-0.05, 0) is 42.4 Å². The van der Waals surface area contributed by atoms with E-state index in [0.29, 0.717) is 18.7 Å². The molecule has 0 bridgehead atoms. The largest absolute Gasteiger partial charge is 0.392 e. The fraction of sp³-hybridized carbons (Fsp3) is 0.600. The average Bonchev–Trinajstić information content (AvgIpc) is 2.60. The van der Waals surface area contributed by atoms with Crippen LogP contribution in [0.5, 0.6) is 0 Å². The van der Waals surface area contributed by atoms with Crippen molar-refractivity contribution in [2.24, 2.45) is 5.41 Å². The Hall–Kier alpha value is -0.620. The second-order valence-corrected chi connectivity index (χ2v) is 8.68. The quantitative estimate of drug-likeness (QED) is 0.926. The number of aliphatic hydroxyl groups is 1. The molecule has 0 amide bonds. The SMILES string of the molecule is CC1(C)CCCN(S(=O)(=O)c2ccc(CO)c(Cl)c2)CC1. The lowest BCUT2D eigenvalue weighted by Crippen LogP contribution is -2.32. The molecule has 0 aliphatic carbocycles. The van der Waals surface area contributed by atoms with Crippen molar-refractivity contribution in [3.8, 4) is 0 Å². The minimum atomic E-state index is -3.52.